The minimum atomic E-state index is -0.603. The van der Waals surface area contributed by atoms with Crippen LogP contribution in [0.1, 0.15) is 22.3 Å². The number of nitriles is 1. The van der Waals surface area contributed by atoms with Crippen molar-refractivity contribution in [1.29, 1.82) is 5.26 Å². The van der Waals surface area contributed by atoms with Crippen molar-refractivity contribution in [1.82, 2.24) is 9.78 Å². The molecule has 9 nitrogen and oxygen atoms in total. The third-order valence-corrected chi connectivity index (χ3v) is 3.37. The predicted molar refractivity (Wildman–Crippen MR) is 78.1 cm³/mol. The quantitative estimate of drug-likeness (QED) is 0.679. The molecule has 1 aliphatic heterocycles. The van der Waals surface area contributed by atoms with Crippen LogP contribution in [0.5, 0.6) is 5.88 Å². The first-order valence-corrected chi connectivity index (χ1v) is 6.78. The number of carbonyl (C=O) groups is 1. The van der Waals surface area contributed by atoms with Crippen LogP contribution < -0.4 is 10.1 Å². The number of nitro groups is 1. The second-order valence-electron chi connectivity index (χ2n) is 4.84. The highest BCUT2D eigenvalue weighted by atomic mass is 16.6. The molecule has 9 heteroatoms. The second kappa shape index (κ2) is 5.76. The normalized spacial score (nSPS) is 12.7. The molecule has 2 heterocycles. The molecule has 1 N–H and O–H groups in total. The van der Waals surface area contributed by atoms with E-state index in [2.05, 4.69) is 10.4 Å². The monoisotopic (exact) mass is 313 g/mol. The first kappa shape index (κ1) is 14.5. The first-order valence-electron chi connectivity index (χ1n) is 6.78. The maximum Gasteiger partial charge on any atom is 0.270 e. The zero-order chi connectivity index (χ0) is 16.4. The van der Waals surface area contributed by atoms with E-state index >= 15 is 0 Å². The highest BCUT2D eigenvalue weighted by molar-refractivity contribution is 6.06. The van der Waals surface area contributed by atoms with Gasteiger partial charge in [0.2, 0.25) is 5.88 Å². The van der Waals surface area contributed by atoms with E-state index in [1.165, 1.54) is 18.3 Å². The summed E-state index contributed by atoms with van der Waals surface area (Å²) in [7, 11) is 0. The highest BCUT2D eigenvalue weighted by Crippen LogP contribution is 2.25. The molecule has 2 aromatic rings. The molecule has 1 aromatic heterocycles. The molecule has 1 aliphatic rings. The fraction of sp³-hybridized carbons (Fsp3) is 0.214. The molecule has 1 amide bonds. The Morgan fingerprint density at radius 1 is 1.52 bits per heavy atom. The van der Waals surface area contributed by atoms with Gasteiger partial charge < -0.3 is 10.1 Å². The Balaban J connectivity index is 1.87. The number of aryl methyl sites for hydroxylation is 1. The number of hydrogen-bond acceptors (Lipinski definition) is 6. The summed E-state index contributed by atoms with van der Waals surface area (Å²) in [5.74, 6) is -0.104. The molecule has 3 rings (SSSR count). The van der Waals surface area contributed by atoms with Gasteiger partial charge in [-0.15, -0.1) is 0 Å². The number of ether oxygens (including phenoxy) is 1. The van der Waals surface area contributed by atoms with Crippen molar-refractivity contribution < 1.29 is 14.5 Å². The van der Waals surface area contributed by atoms with Crippen molar-refractivity contribution in [2.24, 2.45) is 0 Å². The Morgan fingerprint density at radius 3 is 3.09 bits per heavy atom. The number of rotatable bonds is 3. The Kier molecular flexibility index (Phi) is 3.64. The molecule has 0 fully saturated rings. The summed E-state index contributed by atoms with van der Waals surface area (Å²) >= 11 is 0. The summed E-state index contributed by atoms with van der Waals surface area (Å²) in [4.78, 5) is 22.5. The summed E-state index contributed by atoms with van der Waals surface area (Å²) < 4.78 is 7.04. The minimum absolute atomic E-state index is 0.00880. The number of nitro benzene ring substituents is 1. The van der Waals surface area contributed by atoms with Gasteiger partial charge in [-0.3, -0.25) is 14.9 Å². The lowest BCUT2D eigenvalue weighted by molar-refractivity contribution is -0.384. The topological polar surface area (TPSA) is 123 Å². The minimum Gasteiger partial charge on any atom is -0.477 e. The van der Waals surface area contributed by atoms with Crippen LogP contribution >= 0.6 is 0 Å². The largest absolute Gasteiger partial charge is 0.477 e. The SMILES string of the molecule is N#Cc1cc([N+](=O)[O-])ccc1NC(=O)c1cnn2c1OCCC2. The number of carbonyl (C=O) groups excluding carboxylic acids is 1. The molecule has 0 saturated carbocycles. The van der Waals surface area contributed by atoms with Gasteiger partial charge in [0.25, 0.3) is 11.6 Å². The van der Waals surface area contributed by atoms with Crippen LogP contribution in [0.15, 0.2) is 24.4 Å². The molecule has 0 aliphatic carbocycles. The number of hydrogen-bond donors (Lipinski definition) is 1. The summed E-state index contributed by atoms with van der Waals surface area (Å²) in [5, 5.41) is 26.5. The van der Waals surface area contributed by atoms with Crippen molar-refractivity contribution in [3.05, 3.63) is 45.6 Å². The standard InChI is InChI=1S/C14H11N5O4/c15-7-9-6-10(19(21)22)2-3-12(9)17-13(20)11-8-16-18-4-1-5-23-14(11)18/h2-3,6,8H,1,4-5H2,(H,17,20). The molecule has 0 radical (unpaired) electrons. The van der Waals surface area contributed by atoms with E-state index < -0.39 is 10.8 Å². The third kappa shape index (κ3) is 2.69. The van der Waals surface area contributed by atoms with Gasteiger partial charge in [0.05, 0.1) is 29.0 Å². The number of aromatic nitrogens is 2. The van der Waals surface area contributed by atoms with Crippen molar-refractivity contribution in [2.75, 3.05) is 11.9 Å². The lowest BCUT2D eigenvalue weighted by atomic mass is 10.1. The van der Waals surface area contributed by atoms with Gasteiger partial charge in [-0.2, -0.15) is 10.4 Å². The fourth-order valence-corrected chi connectivity index (χ4v) is 2.26. The Hall–Kier alpha value is -3.41. The summed E-state index contributed by atoms with van der Waals surface area (Å²) in [6.45, 7) is 1.18. The zero-order valence-corrected chi connectivity index (χ0v) is 11.9. The average molecular weight is 313 g/mol. The number of non-ortho nitro benzene ring substituents is 1. The summed E-state index contributed by atoms with van der Waals surface area (Å²) in [6, 6.07) is 5.49. The van der Waals surface area contributed by atoms with E-state index in [1.807, 2.05) is 6.07 Å². The average Bonchev–Trinajstić information content (AvgIpc) is 2.99. The lowest BCUT2D eigenvalue weighted by Gasteiger charge is -2.16. The fourth-order valence-electron chi connectivity index (χ4n) is 2.26. The van der Waals surface area contributed by atoms with E-state index in [-0.39, 0.29) is 22.5 Å². The van der Waals surface area contributed by atoms with Gasteiger partial charge in [-0.25, -0.2) is 4.68 Å². The van der Waals surface area contributed by atoms with Crippen LogP contribution in [-0.4, -0.2) is 27.2 Å². The van der Waals surface area contributed by atoms with Gasteiger partial charge >= 0.3 is 0 Å². The molecule has 1 aromatic carbocycles. The van der Waals surface area contributed by atoms with Crippen LogP contribution in [0.25, 0.3) is 0 Å². The number of nitrogens with zero attached hydrogens (tertiary/aromatic N) is 4. The van der Waals surface area contributed by atoms with Crippen molar-refractivity contribution in [2.45, 2.75) is 13.0 Å². The molecule has 0 spiro atoms. The summed E-state index contributed by atoms with van der Waals surface area (Å²) in [6.07, 6.45) is 2.21. The zero-order valence-electron chi connectivity index (χ0n) is 11.9. The van der Waals surface area contributed by atoms with Crippen molar-refractivity contribution in [3.63, 3.8) is 0 Å². The van der Waals surface area contributed by atoms with E-state index in [1.54, 1.807) is 4.68 Å². The van der Waals surface area contributed by atoms with Gasteiger partial charge in [-0.05, 0) is 6.07 Å². The maximum atomic E-state index is 12.3. The summed E-state index contributed by atoms with van der Waals surface area (Å²) in [5.41, 5.74) is 0.242. The van der Waals surface area contributed by atoms with Crippen LogP contribution in [0.3, 0.4) is 0 Å². The predicted octanol–water partition coefficient (Wildman–Crippen LogP) is 1.70. The number of anilines is 1. The van der Waals surface area contributed by atoms with Crippen molar-refractivity contribution >= 4 is 17.3 Å². The van der Waals surface area contributed by atoms with Gasteiger partial charge in [-0.1, -0.05) is 0 Å². The number of nitrogens with one attached hydrogen (secondary N) is 1. The molecule has 116 valence electrons. The number of amides is 1. The van der Waals surface area contributed by atoms with Crippen LogP contribution in [0.4, 0.5) is 11.4 Å². The van der Waals surface area contributed by atoms with E-state index in [0.29, 0.717) is 19.0 Å². The van der Waals surface area contributed by atoms with Gasteiger partial charge in [0.15, 0.2) is 0 Å². The van der Waals surface area contributed by atoms with Crippen LogP contribution in [-0.2, 0) is 6.54 Å². The van der Waals surface area contributed by atoms with Gasteiger partial charge in [0.1, 0.15) is 11.6 Å². The highest BCUT2D eigenvalue weighted by Gasteiger charge is 2.22. The Morgan fingerprint density at radius 2 is 2.35 bits per heavy atom. The van der Waals surface area contributed by atoms with E-state index in [9.17, 15) is 14.9 Å². The van der Waals surface area contributed by atoms with E-state index in [4.69, 9.17) is 10.00 Å². The van der Waals surface area contributed by atoms with Crippen molar-refractivity contribution in [3.8, 4) is 11.9 Å². The molecule has 23 heavy (non-hydrogen) atoms. The smallest absolute Gasteiger partial charge is 0.270 e. The first-order chi connectivity index (χ1) is 11.1. The number of fused-ring (bicyclic) bond motifs is 1. The number of benzene rings is 1. The molecule has 0 saturated heterocycles. The van der Waals surface area contributed by atoms with Gasteiger partial charge in [0, 0.05) is 25.1 Å². The molecule has 0 unspecified atom stereocenters. The molecular weight excluding hydrogens is 302 g/mol. The third-order valence-electron chi connectivity index (χ3n) is 3.37. The van der Waals surface area contributed by atoms with Crippen LogP contribution in [0, 0.1) is 21.4 Å². The van der Waals surface area contributed by atoms with Crippen LogP contribution in [0.2, 0.25) is 0 Å². The molecular formula is C14H11N5O4. The molecule has 0 bridgehead atoms. The second-order valence-corrected chi connectivity index (χ2v) is 4.84. The Labute approximate surface area is 130 Å². The molecule has 0 atom stereocenters. The van der Waals surface area contributed by atoms with E-state index in [0.717, 1.165) is 12.5 Å². The Bertz CT molecular complexity index is 836. The lowest BCUT2D eigenvalue weighted by Crippen LogP contribution is -2.18. The maximum absolute atomic E-state index is 12.3.